The van der Waals surface area contributed by atoms with Crippen molar-refractivity contribution in [3.8, 4) is 5.75 Å². The largest absolute Gasteiger partial charge is 0.506 e. The Balaban J connectivity index is 1.78. The minimum Gasteiger partial charge on any atom is -0.506 e. The SMILES string of the molecule is Cc1ccc2c(c1)c(O)c(C1=CS(=O)(=O)c3ccccc3N1)c(=O)n2Cc1ccc(F)cc1. The lowest BCUT2D eigenvalue weighted by Crippen LogP contribution is -2.27. The van der Waals surface area contributed by atoms with Crippen LogP contribution in [0.1, 0.15) is 16.7 Å². The van der Waals surface area contributed by atoms with Gasteiger partial charge in [0.2, 0.25) is 9.84 Å². The van der Waals surface area contributed by atoms with E-state index in [1.54, 1.807) is 42.5 Å². The van der Waals surface area contributed by atoms with Crippen LogP contribution < -0.4 is 10.9 Å². The molecule has 33 heavy (non-hydrogen) atoms. The number of aromatic hydroxyl groups is 1. The third-order valence-corrected chi connectivity index (χ3v) is 7.17. The summed E-state index contributed by atoms with van der Waals surface area (Å²) in [6.45, 7) is 1.97. The van der Waals surface area contributed by atoms with Crippen LogP contribution in [0, 0.1) is 12.7 Å². The number of hydrogen-bond acceptors (Lipinski definition) is 5. The molecule has 3 aromatic carbocycles. The van der Waals surface area contributed by atoms with E-state index in [0.29, 0.717) is 22.2 Å². The number of aromatic nitrogens is 1. The van der Waals surface area contributed by atoms with Gasteiger partial charge in [-0.25, -0.2) is 12.8 Å². The van der Waals surface area contributed by atoms with Gasteiger partial charge in [0, 0.05) is 5.39 Å². The number of para-hydroxylation sites is 1. The first-order valence-corrected chi connectivity index (χ1v) is 11.7. The number of rotatable bonds is 3. The summed E-state index contributed by atoms with van der Waals surface area (Å²) < 4.78 is 40.6. The van der Waals surface area contributed by atoms with Crippen LogP contribution in [-0.2, 0) is 16.4 Å². The van der Waals surface area contributed by atoms with Crippen molar-refractivity contribution in [2.75, 3.05) is 5.32 Å². The lowest BCUT2D eigenvalue weighted by atomic mass is 10.0. The predicted octanol–water partition coefficient (Wildman–Crippen LogP) is 4.40. The number of halogens is 1. The molecule has 4 aromatic rings. The molecule has 166 valence electrons. The fourth-order valence-electron chi connectivity index (χ4n) is 4.06. The molecule has 0 atom stereocenters. The Kier molecular flexibility index (Phi) is 4.83. The molecular formula is C25H19FN2O4S. The van der Waals surface area contributed by atoms with Gasteiger partial charge in [0.1, 0.15) is 17.1 Å². The van der Waals surface area contributed by atoms with Gasteiger partial charge in [-0.2, -0.15) is 0 Å². The van der Waals surface area contributed by atoms with Crippen LogP contribution in [0.25, 0.3) is 16.6 Å². The van der Waals surface area contributed by atoms with Gasteiger partial charge in [0.05, 0.1) is 33.7 Å². The van der Waals surface area contributed by atoms with E-state index >= 15 is 0 Å². The molecule has 0 fully saturated rings. The summed E-state index contributed by atoms with van der Waals surface area (Å²) in [6.07, 6.45) is 0. The topological polar surface area (TPSA) is 88.4 Å². The molecule has 0 saturated carbocycles. The van der Waals surface area contributed by atoms with Crippen LogP contribution in [-0.4, -0.2) is 18.1 Å². The molecule has 1 aliphatic heterocycles. The van der Waals surface area contributed by atoms with Crippen LogP contribution in [0.5, 0.6) is 5.75 Å². The molecule has 0 bridgehead atoms. The zero-order chi connectivity index (χ0) is 23.3. The monoisotopic (exact) mass is 462 g/mol. The molecule has 0 aliphatic carbocycles. The Morgan fingerprint density at radius 1 is 1.03 bits per heavy atom. The van der Waals surface area contributed by atoms with E-state index in [-0.39, 0.29) is 28.5 Å². The second-order valence-corrected chi connectivity index (χ2v) is 9.73. The van der Waals surface area contributed by atoms with E-state index in [4.69, 9.17) is 0 Å². The normalized spacial score (nSPS) is 14.4. The first kappa shape index (κ1) is 21.0. The highest BCUT2D eigenvalue weighted by atomic mass is 32.2. The highest BCUT2D eigenvalue weighted by molar-refractivity contribution is 7.94. The minimum atomic E-state index is -3.84. The second kappa shape index (κ2) is 7.60. The van der Waals surface area contributed by atoms with Crippen LogP contribution >= 0.6 is 0 Å². The lowest BCUT2D eigenvalue weighted by Gasteiger charge is -2.22. The molecule has 5 rings (SSSR count). The van der Waals surface area contributed by atoms with Gasteiger partial charge < -0.3 is 15.0 Å². The molecule has 6 nitrogen and oxygen atoms in total. The highest BCUT2D eigenvalue weighted by Gasteiger charge is 2.28. The van der Waals surface area contributed by atoms with Crippen LogP contribution in [0.3, 0.4) is 0 Å². The van der Waals surface area contributed by atoms with Gasteiger partial charge >= 0.3 is 0 Å². The number of anilines is 1. The number of nitrogens with one attached hydrogen (secondary N) is 1. The van der Waals surface area contributed by atoms with Crippen molar-refractivity contribution in [2.24, 2.45) is 0 Å². The summed E-state index contributed by atoms with van der Waals surface area (Å²) in [4.78, 5) is 13.7. The van der Waals surface area contributed by atoms with Crippen LogP contribution in [0.4, 0.5) is 10.1 Å². The maximum absolute atomic E-state index is 13.6. The van der Waals surface area contributed by atoms with Gasteiger partial charge in [0.15, 0.2) is 0 Å². The van der Waals surface area contributed by atoms with Crippen molar-refractivity contribution in [3.63, 3.8) is 0 Å². The smallest absolute Gasteiger partial charge is 0.264 e. The standard InChI is InChI=1S/C25H19FN2O4S/c1-15-6-11-21-18(12-15)24(29)23(25(30)28(21)13-16-7-9-17(26)10-8-16)20-14-33(31,32)22-5-3-2-4-19(22)27-20/h2-12,14,27,29H,13H2,1H3. The average Bonchev–Trinajstić information content (AvgIpc) is 2.78. The molecular weight excluding hydrogens is 443 g/mol. The van der Waals surface area contributed by atoms with Crippen molar-refractivity contribution >= 4 is 32.1 Å². The van der Waals surface area contributed by atoms with E-state index in [2.05, 4.69) is 5.32 Å². The summed E-state index contributed by atoms with van der Waals surface area (Å²) in [5.41, 5.74) is 1.63. The van der Waals surface area contributed by atoms with E-state index in [9.17, 15) is 22.7 Å². The Hall–Kier alpha value is -3.91. The van der Waals surface area contributed by atoms with Crippen molar-refractivity contribution in [1.82, 2.24) is 4.57 Å². The molecule has 1 aromatic heterocycles. The van der Waals surface area contributed by atoms with E-state index in [1.165, 1.54) is 22.8 Å². The van der Waals surface area contributed by atoms with Gasteiger partial charge in [-0.1, -0.05) is 35.9 Å². The van der Waals surface area contributed by atoms with Gasteiger partial charge in [-0.3, -0.25) is 4.79 Å². The van der Waals surface area contributed by atoms with E-state index in [1.807, 2.05) is 13.0 Å². The first-order chi connectivity index (χ1) is 15.7. The molecule has 0 amide bonds. The van der Waals surface area contributed by atoms with E-state index in [0.717, 1.165) is 11.0 Å². The number of pyridine rings is 1. The molecule has 0 spiro atoms. The summed E-state index contributed by atoms with van der Waals surface area (Å²) >= 11 is 0. The number of fused-ring (bicyclic) bond motifs is 2. The zero-order valence-corrected chi connectivity index (χ0v) is 18.4. The maximum atomic E-state index is 13.6. The fraction of sp³-hybridized carbons (Fsp3) is 0.0800. The Morgan fingerprint density at radius 2 is 1.76 bits per heavy atom. The first-order valence-electron chi connectivity index (χ1n) is 10.2. The molecule has 1 aliphatic rings. The molecule has 0 unspecified atom stereocenters. The minimum absolute atomic E-state index is 0.00698. The summed E-state index contributed by atoms with van der Waals surface area (Å²) in [5.74, 6) is -0.694. The molecule has 2 N–H and O–H groups in total. The third kappa shape index (κ3) is 3.58. The third-order valence-electron chi connectivity index (χ3n) is 5.65. The quantitative estimate of drug-likeness (QED) is 0.471. The Morgan fingerprint density at radius 3 is 2.52 bits per heavy atom. The Labute approximate surface area is 189 Å². The van der Waals surface area contributed by atoms with Crippen LogP contribution in [0.2, 0.25) is 0 Å². The zero-order valence-electron chi connectivity index (χ0n) is 17.5. The van der Waals surface area contributed by atoms with Gasteiger partial charge in [-0.15, -0.1) is 0 Å². The predicted molar refractivity (Wildman–Crippen MR) is 125 cm³/mol. The van der Waals surface area contributed by atoms with E-state index < -0.39 is 21.2 Å². The van der Waals surface area contributed by atoms with Crippen molar-refractivity contribution < 1.29 is 17.9 Å². The molecule has 8 heteroatoms. The molecule has 0 radical (unpaired) electrons. The fourth-order valence-corrected chi connectivity index (χ4v) is 5.37. The van der Waals surface area contributed by atoms with Crippen molar-refractivity contribution in [2.45, 2.75) is 18.4 Å². The summed E-state index contributed by atoms with van der Waals surface area (Å²) in [5, 5.41) is 15.5. The van der Waals surface area contributed by atoms with Gasteiger partial charge in [0.25, 0.3) is 5.56 Å². The molecule has 2 heterocycles. The number of sulfone groups is 1. The number of aryl methyl sites for hydroxylation is 1. The van der Waals surface area contributed by atoms with Crippen molar-refractivity contribution in [1.29, 1.82) is 0 Å². The second-order valence-electron chi connectivity index (χ2n) is 7.96. The number of benzene rings is 3. The number of nitrogens with zero attached hydrogens (tertiary/aromatic N) is 1. The highest BCUT2D eigenvalue weighted by Crippen LogP contribution is 2.37. The number of hydrogen-bond donors (Lipinski definition) is 2. The van der Waals surface area contributed by atoms with Crippen molar-refractivity contribution in [3.05, 3.63) is 105 Å². The van der Waals surface area contributed by atoms with Crippen LogP contribution in [0.15, 0.2) is 81.8 Å². The molecule has 0 saturated heterocycles. The average molecular weight is 463 g/mol. The summed E-state index contributed by atoms with van der Waals surface area (Å²) in [6, 6.07) is 17.4. The van der Waals surface area contributed by atoms with Gasteiger partial charge in [-0.05, 0) is 48.9 Å². The maximum Gasteiger partial charge on any atom is 0.264 e. The lowest BCUT2D eigenvalue weighted by molar-refractivity contribution is 0.477. The Bertz CT molecular complexity index is 1620. The summed E-state index contributed by atoms with van der Waals surface area (Å²) in [7, 11) is -3.84.